The topological polar surface area (TPSA) is 70.5 Å². The third-order valence-electron chi connectivity index (χ3n) is 6.28. The number of aryl methyl sites for hydroxylation is 1. The number of rotatable bonds is 4. The van der Waals surface area contributed by atoms with Gasteiger partial charge in [-0.05, 0) is 76.7 Å². The fraction of sp³-hybridized carbons (Fsp3) is 0.370. The van der Waals surface area contributed by atoms with Crippen LogP contribution >= 0.6 is 0 Å². The van der Waals surface area contributed by atoms with Crippen molar-refractivity contribution in [1.82, 2.24) is 19.6 Å². The van der Waals surface area contributed by atoms with Gasteiger partial charge in [0.1, 0.15) is 5.82 Å². The molecule has 7 nitrogen and oxygen atoms in total. The molecule has 4 rings (SSSR count). The number of nitrogens with one attached hydrogen (secondary N) is 1. The van der Waals surface area contributed by atoms with E-state index >= 15 is 0 Å². The Kier molecular flexibility index (Phi) is 6.76. The van der Waals surface area contributed by atoms with Gasteiger partial charge in [-0.3, -0.25) is 14.3 Å². The maximum atomic E-state index is 13.6. The molecule has 8 heteroatoms. The van der Waals surface area contributed by atoms with E-state index in [1.165, 1.54) is 18.3 Å². The predicted octanol–water partition coefficient (Wildman–Crippen LogP) is 4.39. The van der Waals surface area contributed by atoms with Crippen LogP contribution in [0, 0.1) is 12.7 Å². The zero-order valence-electron chi connectivity index (χ0n) is 20.9. The highest BCUT2D eigenvalue weighted by atomic mass is 19.1. The van der Waals surface area contributed by atoms with Gasteiger partial charge in [0.05, 0.1) is 23.0 Å². The average molecular weight is 478 g/mol. The number of nitrogens with zero attached hydrogens (tertiary/aromatic N) is 4. The number of hydrogen-bond acceptors (Lipinski definition) is 4. The highest BCUT2D eigenvalue weighted by molar-refractivity contribution is 6.08. The van der Waals surface area contributed by atoms with Gasteiger partial charge in [-0.2, -0.15) is 5.10 Å². The van der Waals surface area contributed by atoms with Gasteiger partial charge in [0.15, 0.2) is 0 Å². The van der Waals surface area contributed by atoms with E-state index in [1.54, 1.807) is 28.9 Å². The van der Waals surface area contributed by atoms with E-state index in [-0.39, 0.29) is 17.6 Å². The molecule has 35 heavy (non-hydrogen) atoms. The smallest absolute Gasteiger partial charge is 0.259 e. The molecule has 1 N–H and O–H groups in total. The first-order valence-corrected chi connectivity index (χ1v) is 11.8. The van der Waals surface area contributed by atoms with Crippen LogP contribution in [0.15, 0.2) is 48.7 Å². The zero-order chi connectivity index (χ0) is 25.3. The van der Waals surface area contributed by atoms with Crippen molar-refractivity contribution in [3.63, 3.8) is 0 Å². The first-order chi connectivity index (χ1) is 16.5. The van der Waals surface area contributed by atoms with E-state index in [0.29, 0.717) is 41.2 Å². The molecule has 0 spiro atoms. The summed E-state index contributed by atoms with van der Waals surface area (Å²) in [5.41, 5.74) is 3.25. The minimum absolute atomic E-state index is 0.0285. The van der Waals surface area contributed by atoms with Crippen molar-refractivity contribution in [3.05, 3.63) is 71.2 Å². The summed E-state index contributed by atoms with van der Waals surface area (Å²) in [5, 5.41) is 7.41. The van der Waals surface area contributed by atoms with Crippen LogP contribution in [0.4, 0.5) is 10.1 Å². The Labute approximate surface area is 205 Å². The molecular formula is C27H32FN5O2. The van der Waals surface area contributed by atoms with Gasteiger partial charge in [-0.1, -0.05) is 6.07 Å². The molecule has 184 valence electrons. The fourth-order valence-corrected chi connectivity index (χ4v) is 4.22. The minimum Gasteiger partial charge on any atom is -0.336 e. The molecule has 0 radical (unpaired) electrons. The van der Waals surface area contributed by atoms with E-state index in [1.807, 2.05) is 45.7 Å². The molecule has 0 aliphatic carbocycles. The number of benzene rings is 2. The first-order valence-electron chi connectivity index (χ1n) is 11.8. The lowest BCUT2D eigenvalue weighted by atomic mass is 10.0. The van der Waals surface area contributed by atoms with Crippen molar-refractivity contribution >= 4 is 17.5 Å². The van der Waals surface area contributed by atoms with Crippen molar-refractivity contribution in [2.45, 2.75) is 33.2 Å². The molecule has 1 saturated heterocycles. The fourth-order valence-electron chi connectivity index (χ4n) is 4.22. The molecule has 3 aromatic rings. The van der Waals surface area contributed by atoms with Gasteiger partial charge in [0.25, 0.3) is 11.8 Å². The van der Waals surface area contributed by atoms with E-state index in [0.717, 1.165) is 18.7 Å². The first kappa shape index (κ1) is 24.6. The summed E-state index contributed by atoms with van der Waals surface area (Å²) in [4.78, 5) is 30.6. The molecule has 2 amide bonds. The highest BCUT2D eigenvalue weighted by Gasteiger charge is 2.26. The molecule has 2 heterocycles. The SMILES string of the molecule is Cc1ccc(NC(=O)c2cnn(C(C)(C)C)c2-c2ccc(F)cc2)cc1C(=O)N1CCN(C)CC1. The van der Waals surface area contributed by atoms with Crippen LogP contribution in [0.3, 0.4) is 0 Å². The summed E-state index contributed by atoms with van der Waals surface area (Å²) < 4.78 is 15.3. The Balaban J connectivity index is 1.63. The quantitative estimate of drug-likeness (QED) is 0.605. The Hall–Kier alpha value is -3.52. The van der Waals surface area contributed by atoms with E-state index in [9.17, 15) is 14.0 Å². The monoisotopic (exact) mass is 477 g/mol. The third-order valence-corrected chi connectivity index (χ3v) is 6.28. The summed E-state index contributed by atoms with van der Waals surface area (Å²) in [6.45, 7) is 10.9. The Morgan fingerprint density at radius 2 is 1.63 bits per heavy atom. The standard InChI is InChI=1S/C27H32FN5O2/c1-18-6-11-21(16-22(18)26(35)32-14-12-31(5)13-15-32)30-25(34)23-17-29-33(27(2,3)4)24(23)19-7-9-20(28)10-8-19/h6-11,16-17H,12-15H2,1-5H3,(H,30,34). The molecule has 1 aromatic heterocycles. The number of aromatic nitrogens is 2. The molecule has 1 aliphatic rings. The molecular weight excluding hydrogens is 445 g/mol. The van der Waals surface area contributed by atoms with E-state index in [2.05, 4.69) is 15.3 Å². The number of piperazine rings is 1. The van der Waals surface area contributed by atoms with Gasteiger partial charge in [0.2, 0.25) is 0 Å². The molecule has 1 aliphatic heterocycles. The van der Waals surface area contributed by atoms with Crippen LogP contribution in [0.2, 0.25) is 0 Å². The van der Waals surface area contributed by atoms with Crippen molar-refractivity contribution in [1.29, 1.82) is 0 Å². The molecule has 2 aromatic carbocycles. The Morgan fingerprint density at radius 1 is 0.971 bits per heavy atom. The second-order valence-electron chi connectivity index (χ2n) is 10.1. The highest BCUT2D eigenvalue weighted by Crippen LogP contribution is 2.30. The number of carbonyl (C=O) groups excluding carboxylic acids is 2. The van der Waals surface area contributed by atoms with Crippen LogP contribution in [0.5, 0.6) is 0 Å². The lowest BCUT2D eigenvalue weighted by Crippen LogP contribution is -2.47. The number of carbonyl (C=O) groups is 2. The second-order valence-corrected chi connectivity index (χ2v) is 10.1. The summed E-state index contributed by atoms with van der Waals surface area (Å²) in [5.74, 6) is -0.722. The molecule has 0 saturated carbocycles. The number of likely N-dealkylation sites (N-methyl/N-ethyl adjacent to an activating group) is 1. The van der Waals surface area contributed by atoms with Crippen LogP contribution < -0.4 is 5.32 Å². The zero-order valence-corrected chi connectivity index (χ0v) is 20.9. The number of hydrogen-bond donors (Lipinski definition) is 1. The van der Waals surface area contributed by atoms with Gasteiger partial charge >= 0.3 is 0 Å². The summed E-state index contributed by atoms with van der Waals surface area (Å²) in [7, 11) is 2.05. The van der Waals surface area contributed by atoms with Gasteiger partial charge < -0.3 is 15.1 Å². The Bertz CT molecular complexity index is 1240. The van der Waals surface area contributed by atoms with E-state index < -0.39 is 5.54 Å². The average Bonchev–Trinajstić information content (AvgIpc) is 3.27. The van der Waals surface area contributed by atoms with Crippen molar-refractivity contribution in [2.75, 3.05) is 38.5 Å². The molecule has 0 unspecified atom stereocenters. The second kappa shape index (κ2) is 9.62. The molecule has 0 atom stereocenters. The van der Waals surface area contributed by atoms with Crippen LogP contribution in [0.1, 0.15) is 47.1 Å². The normalized spacial score (nSPS) is 14.7. The van der Waals surface area contributed by atoms with Crippen molar-refractivity contribution in [2.24, 2.45) is 0 Å². The van der Waals surface area contributed by atoms with Gasteiger partial charge in [-0.15, -0.1) is 0 Å². The maximum Gasteiger partial charge on any atom is 0.259 e. The van der Waals surface area contributed by atoms with Gasteiger partial charge in [0, 0.05) is 43.0 Å². The molecule has 1 fully saturated rings. The summed E-state index contributed by atoms with van der Waals surface area (Å²) in [6.07, 6.45) is 1.53. The summed E-state index contributed by atoms with van der Waals surface area (Å²) >= 11 is 0. The summed E-state index contributed by atoms with van der Waals surface area (Å²) in [6, 6.07) is 11.4. The van der Waals surface area contributed by atoms with E-state index in [4.69, 9.17) is 0 Å². The lowest BCUT2D eigenvalue weighted by molar-refractivity contribution is 0.0663. The minimum atomic E-state index is -0.395. The number of anilines is 1. The predicted molar refractivity (Wildman–Crippen MR) is 135 cm³/mol. The van der Waals surface area contributed by atoms with Crippen molar-refractivity contribution < 1.29 is 14.0 Å². The number of halogens is 1. The largest absolute Gasteiger partial charge is 0.336 e. The number of amides is 2. The third kappa shape index (κ3) is 5.27. The maximum absolute atomic E-state index is 13.6. The molecule has 0 bridgehead atoms. The lowest BCUT2D eigenvalue weighted by Gasteiger charge is -2.32. The van der Waals surface area contributed by atoms with Crippen LogP contribution in [0.25, 0.3) is 11.3 Å². The van der Waals surface area contributed by atoms with Crippen LogP contribution in [-0.4, -0.2) is 64.6 Å². The Morgan fingerprint density at radius 3 is 2.26 bits per heavy atom. The van der Waals surface area contributed by atoms with Crippen LogP contribution in [-0.2, 0) is 5.54 Å². The van der Waals surface area contributed by atoms with Gasteiger partial charge in [-0.25, -0.2) is 4.39 Å². The van der Waals surface area contributed by atoms with Crippen molar-refractivity contribution in [3.8, 4) is 11.3 Å².